The summed E-state index contributed by atoms with van der Waals surface area (Å²) in [6.45, 7) is 1.76. The van der Waals surface area contributed by atoms with Crippen LogP contribution in [0.25, 0.3) is 11.1 Å². The summed E-state index contributed by atoms with van der Waals surface area (Å²) in [5.74, 6) is -1.46. The van der Waals surface area contributed by atoms with E-state index in [1.165, 1.54) is 11.0 Å². The number of amides is 4. The number of nitrogens with one attached hydrogen (secondary N) is 3. The van der Waals surface area contributed by atoms with Crippen molar-refractivity contribution in [2.24, 2.45) is 0 Å². The Morgan fingerprint density at radius 3 is 2.59 bits per heavy atom. The number of hydrogen-bond donors (Lipinski definition) is 3. The van der Waals surface area contributed by atoms with Crippen molar-refractivity contribution in [1.29, 1.82) is 0 Å². The highest BCUT2D eigenvalue weighted by Gasteiger charge is 2.54. The normalized spacial score (nSPS) is 19.1. The average Bonchev–Trinajstić information content (AvgIpc) is 3.42. The number of urea groups is 1. The van der Waals surface area contributed by atoms with E-state index in [0.29, 0.717) is 40.8 Å². The topological polar surface area (TPSA) is 142 Å². The second kappa shape index (κ2) is 7.68. The fraction of sp³-hybridized carbons (Fsp3) is 0.292. The number of oxazole rings is 1. The van der Waals surface area contributed by atoms with Gasteiger partial charge in [0.15, 0.2) is 11.4 Å². The molecule has 5 rings (SSSR count). The minimum absolute atomic E-state index is 0.00738. The SMILES string of the molecule is Cc1cc(C(=O)CCC(=O)Nc2ccc3c(c2)CC2(C3)C(=O)NC(=O)N2C)cc2oc(=O)[nH]c12. The number of H-pyrrole nitrogens is 1. The van der Waals surface area contributed by atoms with Crippen molar-refractivity contribution >= 4 is 40.4 Å². The van der Waals surface area contributed by atoms with Crippen molar-refractivity contribution in [3.05, 3.63) is 63.1 Å². The predicted molar refractivity (Wildman–Crippen MR) is 122 cm³/mol. The van der Waals surface area contributed by atoms with E-state index in [0.717, 1.165) is 11.1 Å². The Bertz CT molecular complexity index is 1450. The molecule has 34 heavy (non-hydrogen) atoms. The summed E-state index contributed by atoms with van der Waals surface area (Å²) in [5.41, 5.74) is 3.40. The minimum atomic E-state index is -0.924. The van der Waals surface area contributed by atoms with E-state index >= 15 is 0 Å². The first-order chi connectivity index (χ1) is 16.2. The number of aromatic nitrogens is 1. The van der Waals surface area contributed by atoms with E-state index in [1.807, 2.05) is 6.07 Å². The molecule has 4 amide bonds. The molecule has 10 nitrogen and oxygen atoms in total. The smallest absolute Gasteiger partial charge is 0.408 e. The van der Waals surface area contributed by atoms with Crippen molar-refractivity contribution in [2.75, 3.05) is 12.4 Å². The second-order valence-electron chi connectivity index (χ2n) is 8.84. The maximum absolute atomic E-state index is 12.6. The zero-order chi connectivity index (χ0) is 24.2. The Labute approximate surface area is 193 Å². The van der Waals surface area contributed by atoms with E-state index in [2.05, 4.69) is 15.6 Å². The molecule has 1 spiro atoms. The van der Waals surface area contributed by atoms with Crippen LogP contribution in [0, 0.1) is 6.92 Å². The molecule has 0 saturated carbocycles. The molecular formula is C24H22N4O6. The Morgan fingerprint density at radius 2 is 1.85 bits per heavy atom. The van der Waals surface area contributed by atoms with Crippen LogP contribution in [0.1, 0.15) is 39.9 Å². The number of fused-ring (bicyclic) bond motifs is 2. The summed E-state index contributed by atoms with van der Waals surface area (Å²) in [6.07, 6.45) is 0.764. The van der Waals surface area contributed by atoms with E-state index < -0.39 is 17.3 Å². The number of aromatic amines is 1. The molecule has 174 valence electrons. The zero-order valence-corrected chi connectivity index (χ0v) is 18.6. The van der Waals surface area contributed by atoms with E-state index in [9.17, 15) is 24.0 Å². The lowest BCUT2D eigenvalue weighted by Gasteiger charge is -2.27. The molecule has 0 bridgehead atoms. The van der Waals surface area contributed by atoms with Gasteiger partial charge in [-0.1, -0.05) is 6.07 Å². The number of carbonyl (C=O) groups excluding carboxylic acids is 4. The van der Waals surface area contributed by atoms with Crippen molar-refractivity contribution in [1.82, 2.24) is 15.2 Å². The Hall–Kier alpha value is -4.21. The van der Waals surface area contributed by atoms with Gasteiger partial charge in [0.1, 0.15) is 5.54 Å². The number of anilines is 1. The van der Waals surface area contributed by atoms with Gasteiger partial charge < -0.3 is 14.6 Å². The third-order valence-corrected chi connectivity index (χ3v) is 6.68. The summed E-state index contributed by atoms with van der Waals surface area (Å²) in [7, 11) is 1.61. The second-order valence-corrected chi connectivity index (χ2v) is 8.84. The van der Waals surface area contributed by atoms with Crippen molar-refractivity contribution in [3.63, 3.8) is 0 Å². The molecule has 1 unspecified atom stereocenters. The number of hydrogen-bond acceptors (Lipinski definition) is 6. The number of benzene rings is 2. The lowest BCUT2D eigenvalue weighted by atomic mass is 9.95. The standard InChI is InChI=1S/C24H22N4O6/c1-12-7-14(9-18-20(12)26-23(33)34-18)17(29)5-6-19(30)25-16-4-3-13-10-24(11-15(13)8-16)21(31)27-22(32)28(24)2/h3-4,7-9H,5-6,10-11H2,1-2H3,(H,25,30)(H,26,33)(H,27,31,32). The molecule has 10 heteroatoms. The maximum Gasteiger partial charge on any atom is 0.417 e. The maximum atomic E-state index is 12.6. The first kappa shape index (κ1) is 21.6. The summed E-state index contributed by atoms with van der Waals surface area (Å²) in [6, 6.07) is 8.14. The third-order valence-electron chi connectivity index (χ3n) is 6.68. The summed E-state index contributed by atoms with van der Waals surface area (Å²) < 4.78 is 5.05. The molecule has 3 N–H and O–H groups in total. The molecule has 1 fully saturated rings. The highest BCUT2D eigenvalue weighted by molar-refractivity contribution is 6.08. The van der Waals surface area contributed by atoms with Crippen LogP contribution >= 0.6 is 0 Å². The first-order valence-electron chi connectivity index (χ1n) is 10.8. The number of aryl methyl sites for hydroxylation is 1. The molecule has 1 aromatic heterocycles. The summed E-state index contributed by atoms with van der Waals surface area (Å²) in [5, 5.41) is 5.16. The number of rotatable bonds is 5. The number of likely N-dealkylation sites (N-methyl/N-ethyl adjacent to an activating group) is 1. The van der Waals surface area contributed by atoms with Gasteiger partial charge >= 0.3 is 11.8 Å². The monoisotopic (exact) mass is 462 g/mol. The van der Waals surface area contributed by atoms with Crippen LogP contribution in [0.2, 0.25) is 0 Å². The van der Waals surface area contributed by atoms with Gasteiger partial charge in [0.05, 0.1) is 5.52 Å². The molecule has 2 aliphatic rings. The van der Waals surface area contributed by atoms with Gasteiger partial charge in [0.25, 0.3) is 5.91 Å². The molecule has 1 atom stereocenters. The Morgan fingerprint density at radius 1 is 1.09 bits per heavy atom. The van der Waals surface area contributed by atoms with Crippen molar-refractivity contribution < 1.29 is 23.6 Å². The molecule has 0 radical (unpaired) electrons. The van der Waals surface area contributed by atoms with Gasteiger partial charge in [-0.05, 0) is 47.9 Å². The quantitative estimate of drug-likeness (QED) is 0.391. The summed E-state index contributed by atoms with van der Waals surface area (Å²) in [4.78, 5) is 64.8. The van der Waals surface area contributed by atoms with Gasteiger partial charge in [-0.15, -0.1) is 0 Å². The molecular weight excluding hydrogens is 440 g/mol. The number of imide groups is 1. The summed E-state index contributed by atoms with van der Waals surface area (Å²) >= 11 is 0. The average molecular weight is 462 g/mol. The van der Waals surface area contributed by atoms with Crippen LogP contribution < -0.4 is 16.4 Å². The van der Waals surface area contributed by atoms with Crippen LogP contribution in [0.5, 0.6) is 0 Å². The molecule has 2 aromatic carbocycles. The fourth-order valence-electron chi connectivity index (χ4n) is 4.75. The van der Waals surface area contributed by atoms with Gasteiger partial charge in [-0.2, -0.15) is 0 Å². The van der Waals surface area contributed by atoms with E-state index in [1.54, 1.807) is 32.2 Å². The molecule has 2 heterocycles. The van der Waals surface area contributed by atoms with Gasteiger partial charge in [0.2, 0.25) is 5.91 Å². The van der Waals surface area contributed by atoms with Crippen LogP contribution in [-0.4, -0.2) is 46.1 Å². The number of Topliss-reactive ketones (excluding diaryl/α,β-unsaturated/α-hetero) is 1. The number of nitrogens with zero attached hydrogens (tertiary/aromatic N) is 1. The lowest BCUT2D eigenvalue weighted by molar-refractivity contribution is -0.125. The van der Waals surface area contributed by atoms with E-state index in [4.69, 9.17) is 4.42 Å². The minimum Gasteiger partial charge on any atom is -0.408 e. The molecule has 3 aromatic rings. The largest absolute Gasteiger partial charge is 0.417 e. The van der Waals surface area contributed by atoms with Crippen LogP contribution in [0.4, 0.5) is 10.5 Å². The van der Waals surface area contributed by atoms with Crippen molar-refractivity contribution in [3.8, 4) is 0 Å². The van der Waals surface area contributed by atoms with Crippen LogP contribution in [0.15, 0.2) is 39.5 Å². The van der Waals surface area contributed by atoms with Gasteiger partial charge in [-0.3, -0.25) is 24.7 Å². The molecule has 1 aliphatic carbocycles. The Kier molecular flexibility index (Phi) is 4.89. The number of carbonyl (C=O) groups is 4. The Balaban J connectivity index is 1.23. The first-order valence-corrected chi connectivity index (χ1v) is 10.8. The third kappa shape index (κ3) is 3.47. The van der Waals surface area contributed by atoms with E-state index in [-0.39, 0.29) is 30.4 Å². The predicted octanol–water partition coefficient (Wildman–Crippen LogP) is 2.05. The fourth-order valence-corrected chi connectivity index (χ4v) is 4.75. The highest BCUT2D eigenvalue weighted by Crippen LogP contribution is 2.38. The van der Waals surface area contributed by atoms with Gasteiger partial charge in [0, 0.05) is 44.0 Å². The van der Waals surface area contributed by atoms with Crippen LogP contribution in [0.3, 0.4) is 0 Å². The molecule has 1 aliphatic heterocycles. The van der Waals surface area contributed by atoms with Gasteiger partial charge in [-0.25, -0.2) is 9.59 Å². The molecule has 1 saturated heterocycles. The van der Waals surface area contributed by atoms with Crippen LogP contribution in [-0.2, 0) is 22.4 Å². The zero-order valence-electron chi connectivity index (χ0n) is 18.6. The highest BCUT2D eigenvalue weighted by atomic mass is 16.4. The van der Waals surface area contributed by atoms with Crippen molar-refractivity contribution in [2.45, 2.75) is 38.1 Å². The lowest BCUT2D eigenvalue weighted by Crippen LogP contribution is -2.48. The number of ketones is 1.